The highest BCUT2D eigenvalue weighted by atomic mass is 32.2. The molecule has 5 nitrogen and oxygen atoms in total. The minimum atomic E-state index is -3.08. The number of benzene rings is 1. The average molecular weight is 353 g/mol. The van der Waals surface area contributed by atoms with Crippen molar-refractivity contribution in [2.75, 3.05) is 25.4 Å². The van der Waals surface area contributed by atoms with E-state index in [-0.39, 0.29) is 22.8 Å². The summed E-state index contributed by atoms with van der Waals surface area (Å²) >= 11 is 0. The van der Waals surface area contributed by atoms with E-state index >= 15 is 0 Å². The fraction of sp³-hybridized carbons (Fsp3) is 0.611. The van der Waals surface area contributed by atoms with Gasteiger partial charge in [0.1, 0.15) is 5.75 Å². The Morgan fingerprint density at radius 3 is 2.46 bits per heavy atom. The van der Waals surface area contributed by atoms with Gasteiger partial charge in [-0.25, -0.2) is 8.42 Å². The number of hydrogen-bond acceptors (Lipinski definition) is 4. The zero-order valence-corrected chi connectivity index (χ0v) is 15.5. The maximum Gasteiger partial charge on any atom is 0.257 e. The van der Waals surface area contributed by atoms with E-state index in [1.54, 1.807) is 17.0 Å². The van der Waals surface area contributed by atoms with Crippen LogP contribution in [0.15, 0.2) is 24.3 Å². The lowest BCUT2D eigenvalue weighted by molar-refractivity contribution is 0.0721. The smallest absolute Gasteiger partial charge is 0.257 e. The predicted molar refractivity (Wildman–Crippen MR) is 95.2 cm³/mol. The molecule has 0 saturated carbocycles. The molecule has 0 radical (unpaired) electrons. The Hall–Kier alpha value is -1.56. The van der Waals surface area contributed by atoms with Gasteiger partial charge < -0.3 is 9.64 Å². The van der Waals surface area contributed by atoms with Gasteiger partial charge in [0, 0.05) is 13.1 Å². The number of likely N-dealkylation sites (tertiary alicyclic amines) is 1. The summed E-state index contributed by atoms with van der Waals surface area (Å²) in [6.45, 7) is 7.16. The molecule has 1 aliphatic rings. The highest BCUT2D eigenvalue weighted by Crippen LogP contribution is 2.24. The summed E-state index contributed by atoms with van der Waals surface area (Å²) in [4.78, 5) is 14.5. The van der Waals surface area contributed by atoms with Crippen LogP contribution in [-0.2, 0) is 9.84 Å². The normalized spacial score (nSPS) is 16.4. The first-order chi connectivity index (χ1) is 11.3. The van der Waals surface area contributed by atoms with Crippen LogP contribution in [0.4, 0.5) is 0 Å². The van der Waals surface area contributed by atoms with Crippen LogP contribution in [-0.4, -0.2) is 49.9 Å². The minimum absolute atomic E-state index is 0.0845. The van der Waals surface area contributed by atoms with Crippen molar-refractivity contribution in [3.63, 3.8) is 0 Å². The summed E-state index contributed by atoms with van der Waals surface area (Å²) in [6, 6.07) is 7.20. The second-order valence-electron chi connectivity index (χ2n) is 6.64. The van der Waals surface area contributed by atoms with Gasteiger partial charge in [-0.15, -0.1) is 0 Å². The van der Waals surface area contributed by atoms with Crippen LogP contribution >= 0.6 is 0 Å². The molecule has 2 rings (SSSR count). The number of hydrogen-bond donors (Lipinski definition) is 0. The molecule has 24 heavy (non-hydrogen) atoms. The average Bonchev–Trinajstić information content (AvgIpc) is 2.54. The van der Waals surface area contributed by atoms with Gasteiger partial charge in [0.2, 0.25) is 0 Å². The first kappa shape index (κ1) is 18.8. The first-order valence-corrected chi connectivity index (χ1v) is 10.3. The van der Waals surface area contributed by atoms with Crippen molar-refractivity contribution < 1.29 is 17.9 Å². The van der Waals surface area contributed by atoms with Gasteiger partial charge in [-0.3, -0.25) is 4.79 Å². The Bertz CT molecular complexity index is 661. The quantitative estimate of drug-likeness (QED) is 0.789. The predicted octanol–water partition coefficient (Wildman–Crippen LogP) is 2.76. The number of carbonyl (C=O) groups excluding carboxylic acids is 1. The standard InChI is InChI=1S/C18H27NO4S/c1-4-23-17-8-6-5-7-16(17)18(20)19-11-9-15(10-12-19)24(21,22)13-14(2)3/h5-8,14-15H,4,9-13H2,1-3H3. The number of amides is 1. The summed E-state index contributed by atoms with van der Waals surface area (Å²) < 4.78 is 30.2. The van der Waals surface area contributed by atoms with E-state index in [1.807, 2.05) is 32.9 Å². The molecule has 1 fully saturated rings. The second-order valence-corrected chi connectivity index (χ2v) is 8.97. The molecule has 0 unspecified atom stereocenters. The zero-order chi connectivity index (χ0) is 17.7. The highest BCUT2D eigenvalue weighted by Gasteiger charge is 2.32. The largest absolute Gasteiger partial charge is 0.493 e. The van der Waals surface area contributed by atoms with Crippen molar-refractivity contribution >= 4 is 15.7 Å². The number of nitrogens with zero attached hydrogens (tertiary/aromatic N) is 1. The van der Waals surface area contributed by atoms with Crippen molar-refractivity contribution in [3.05, 3.63) is 29.8 Å². The van der Waals surface area contributed by atoms with Crippen molar-refractivity contribution in [2.45, 2.75) is 38.9 Å². The van der Waals surface area contributed by atoms with Crippen molar-refractivity contribution in [1.29, 1.82) is 0 Å². The molecule has 0 bridgehead atoms. The van der Waals surface area contributed by atoms with Crippen LogP contribution in [0.5, 0.6) is 5.75 Å². The summed E-state index contributed by atoms with van der Waals surface area (Å²) in [6.07, 6.45) is 1.02. The van der Waals surface area contributed by atoms with Gasteiger partial charge in [0.15, 0.2) is 9.84 Å². The number of rotatable bonds is 6. The molecule has 1 heterocycles. The van der Waals surface area contributed by atoms with E-state index in [9.17, 15) is 13.2 Å². The maximum absolute atomic E-state index is 12.7. The van der Waals surface area contributed by atoms with Gasteiger partial charge >= 0.3 is 0 Å². The molecule has 1 aliphatic heterocycles. The number of para-hydroxylation sites is 1. The molecule has 1 saturated heterocycles. The number of carbonyl (C=O) groups is 1. The molecule has 1 aromatic rings. The second kappa shape index (κ2) is 8.01. The third-order valence-electron chi connectivity index (χ3n) is 4.22. The molecule has 0 atom stereocenters. The molecule has 1 amide bonds. The molecule has 134 valence electrons. The lowest BCUT2D eigenvalue weighted by atomic mass is 10.1. The topological polar surface area (TPSA) is 63.7 Å². The molecular formula is C18H27NO4S. The lowest BCUT2D eigenvalue weighted by Crippen LogP contribution is -2.43. The van der Waals surface area contributed by atoms with Gasteiger partial charge in [-0.2, -0.15) is 0 Å². The van der Waals surface area contributed by atoms with Gasteiger partial charge in [-0.05, 0) is 37.8 Å². The van der Waals surface area contributed by atoms with Crippen LogP contribution in [0.2, 0.25) is 0 Å². The third-order valence-corrected chi connectivity index (χ3v) is 6.84. The molecule has 6 heteroatoms. The van der Waals surface area contributed by atoms with Gasteiger partial charge in [0.05, 0.1) is 23.2 Å². The minimum Gasteiger partial charge on any atom is -0.493 e. The van der Waals surface area contributed by atoms with Crippen LogP contribution in [0.25, 0.3) is 0 Å². The van der Waals surface area contributed by atoms with E-state index in [2.05, 4.69) is 0 Å². The monoisotopic (exact) mass is 353 g/mol. The fourth-order valence-corrected chi connectivity index (χ4v) is 5.24. The van der Waals surface area contributed by atoms with Crippen molar-refractivity contribution in [1.82, 2.24) is 4.90 Å². The van der Waals surface area contributed by atoms with E-state index < -0.39 is 9.84 Å². The Kier molecular flexibility index (Phi) is 6.27. The van der Waals surface area contributed by atoms with Crippen molar-refractivity contribution in [3.8, 4) is 5.75 Å². The van der Waals surface area contributed by atoms with Crippen molar-refractivity contribution in [2.24, 2.45) is 5.92 Å². The SMILES string of the molecule is CCOc1ccccc1C(=O)N1CCC(S(=O)(=O)CC(C)C)CC1. The Morgan fingerprint density at radius 1 is 1.25 bits per heavy atom. The Balaban J connectivity index is 2.03. The summed E-state index contributed by atoms with van der Waals surface area (Å²) in [7, 11) is -3.08. The summed E-state index contributed by atoms with van der Waals surface area (Å²) in [5.74, 6) is 0.852. The van der Waals surface area contributed by atoms with E-state index in [1.165, 1.54) is 0 Å². The molecule has 0 aromatic heterocycles. The van der Waals surface area contributed by atoms with Crippen LogP contribution in [0.1, 0.15) is 44.0 Å². The van der Waals surface area contributed by atoms with Crippen LogP contribution in [0.3, 0.4) is 0 Å². The fourth-order valence-electron chi connectivity index (χ4n) is 3.11. The number of sulfone groups is 1. The first-order valence-electron chi connectivity index (χ1n) is 8.57. The zero-order valence-electron chi connectivity index (χ0n) is 14.7. The molecule has 0 spiro atoms. The maximum atomic E-state index is 12.7. The Labute approximate surface area is 144 Å². The summed E-state index contributed by atoms with van der Waals surface area (Å²) in [5, 5.41) is -0.328. The summed E-state index contributed by atoms with van der Waals surface area (Å²) in [5.41, 5.74) is 0.544. The van der Waals surface area contributed by atoms with E-state index in [0.717, 1.165) is 0 Å². The van der Waals surface area contributed by atoms with Crippen LogP contribution in [0, 0.1) is 5.92 Å². The number of piperidine rings is 1. The number of ether oxygens (including phenoxy) is 1. The van der Waals surface area contributed by atoms with E-state index in [4.69, 9.17) is 4.74 Å². The third kappa shape index (κ3) is 4.50. The molecular weight excluding hydrogens is 326 g/mol. The highest BCUT2D eigenvalue weighted by molar-refractivity contribution is 7.92. The molecule has 1 aromatic carbocycles. The molecule has 0 aliphatic carbocycles. The van der Waals surface area contributed by atoms with E-state index in [0.29, 0.717) is 43.9 Å². The Morgan fingerprint density at radius 2 is 1.88 bits per heavy atom. The van der Waals surface area contributed by atoms with Gasteiger partial charge in [-0.1, -0.05) is 26.0 Å². The van der Waals surface area contributed by atoms with Crippen LogP contribution < -0.4 is 4.74 Å². The molecule has 0 N–H and O–H groups in total. The van der Waals surface area contributed by atoms with Gasteiger partial charge in [0.25, 0.3) is 5.91 Å². The lowest BCUT2D eigenvalue weighted by Gasteiger charge is -2.32.